The minimum absolute atomic E-state index is 0. The first kappa shape index (κ1) is 22.5. The zero-order valence-corrected chi connectivity index (χ0v) is 7.12. The van der Waals surface area contributed by atoms with E-state index in [0.717, 1.165) is 6.26 Å². The number of halogens is 1. The Hall–Kier alpha value is -0.940. The van der Waals surface area contributed by atoms with Crippen LogP contribution < -0.4 is 6.15 Å². The standard InChI is InChI=1S/C4H6O2.C2H6O.FH.H3N/c1-3-6-4(2)5;1-3-2;;/h3H,1H2,2H3;1-2H3;1H;1H3. The van der Waals surface area contributed by atoms with Crippen molar-refractivity contribution in [2.75, 3.05) is 14.2 Å². The van der Waals surface area contributed by atoms with Crippen LogP contribution in [-0.2, 0) is 14.3 Å². The van der Waals surface area contributed by atoms with Crippen LogP contribution in [0.1, 0.15) is 6.92 Å². The van der Waals surface area contributed by atoms with Gasteiger partial charge in [0, 0.05) is 21.1 Å². The molecule has 0 saturated carbocycles. The van der Waals surface area contributed by atoms with Crippen LogP contribution in [0.15, 0.2) is 12.8 Å². The Labute approximate surface area is 66.1 Å². The van der Waals surface area contributed by atoms with Crippen molar-refractivity contribution in [3.05, 3.63) is 12.8 Å². The molecule has 0 heterocycles. The fourth-order valence-electron chi connectivity index (χ4n) is 0.117. The van der Waals surface area contributed by atoms with E-state index in [-0.39, 0.29) is 16.8 Å². The van der Waals surface area contributed by atoms with Gasteiger partial charge >= 0.3 is 5.97 Å². The van der Waals surface area contributed by atoms with E-state index < -0.39 is 0 Å². The maximum atomic E-state index is 9.75. The van der Waals surface area contributed by atoms with Gasteiger partial charge in [-0.25, -0.2) is 0 Å². The first-order valence-electron chi connectivity index (χ1n) is 2.37. The fraction of sp³-hybridized carbons (Fsp3) is 0.500. The summed E-state index contributed by atoms with van der Waals surface area (Å²) in [7, 11) is 3.25. The molecule has 0 saturated heterocycles. The molecule has 0 spiro atoms. The molecule has 0 aliphatic carbocycles. The normalized spacial score (nSPS) is 5.36. The summed E-state index contributed by atoms with van der Waals surface area (Å²) in [6.45, 7) is 4.48. The van der Waals surface area contributed by atoms with Crippen LogP contribution >= 0.6 is 0 Å². The van der Waals surface area contributed by atoms with Crippen molar-refractivity contribution in [1.29, 1.82) is 0 Å². The number of carbonyl (C=O) groups is 1. The van der Waals surface area contributed by atoms with Crippen molar-refractivity contribution in [2.45, 2.75) is 6.92 Å². The Morgan fingerprint density at radius 1 is 1.45 bits per heavy atom. The largest absolute Gasteiger partial charge is 0.435 e. The summed E-state index contributed by atoms with van der Waals surface area (Å²) in [5.41, 5.74) is 0. The van der Waals surface area contributed by atoms with Crippen molar-refractivity contribution in [1.82, 2.24) is 6.15 Å². The SMILES string of the molecule is C=COC(C)=O.COC.F.N. The number of hydrogen-bond acceptors (Lipinski definition) is 4. The lowest BCUT2D eigenvalue weighted by atomic mass is 10.8. The molecule has 11 heavy (non-hydrogen) atoms. The van der Waals surface area contributed by atoms with E-state index >= 15 is 0 Å². The van der Waals surface area contributed by atoms with Crippen LogP contribution in [0.4, 0.5) is 4.70 Å². The summed E-state index contributed by atoms with van der Waals surface area (Å²) in [6, 6.07) is 0. The average molecular weight is 169 g/mol. The number of rotatable bonds is 1. The molecule has 70 valence electrons. The second-order valence-electron chi connectivity index (χ2n) is 1.18. The van der Waals surface area contributed by atoms with Crippen LogP contribution in [0.2, 0.25) is 0 Å². The van der Waals surface area contributed by atoms with E-state index in [2.05, 4.69) is 16.1 Å². The minimum atomic E-state index is -0.329. The van der Waals surface area contributed by atoms with Gasteiger partial charge in [0.25, 0.3) is 0 Å². The molecular formula is C6H16FNO3. The Morgan fingerprint density at radius 3 is 1.73 bits per heavy atom. The van der Waals surface area contributed by atoms with E-state index in [9.17, 15) is 4.79 Å². The van der Waals surface area contributed by atoms with Crippen LogP contribution in [0.25, 0.3) is 0 Å². The molecule has 0 fully saturated rings. The predicted molar refractivity (Wildman–Crippen MR) is 42.4 cm³/mol. The van der Waals surface area contributed by atoms with Crippen molar-refractivity contribution in [3.8, 4) is 0 Å². The van der Waals surface area contributed by atoms with Gasteiger partial charge in [0.15, 0.2) is 0 Å². The fourth-order valence-corrected chi connectivity index (χ4v) is 0.117. The summed E-state index contributed by atoms with van der Waals surface area (Å²) in [4.78, 5) is 9.75. The topological polar surface area (TPSA) is 70.5 Å². The maximum absolute atomic E-state index is 9.75. The summed E-state index contributed by atoms with van der Waals surface area (Å²) >= 11 is 0. The molecule has 0 bridgehead atoms. The molecule has 0 aliphatic rings. The van der Waals surface area contributed by atoms with Crippen LogP contribution in [0.3, 0.4) is 0 Å². The molecule has 0 atom stereocenters. The van der Waals surface area contributed by atoms with E-state index in [4.69, 9.17) is 0 Å². The lowest BCUT2D eigenvalue weighted by molar-refractivity contribution is -0.135. The van der Waals surface area contributed by atoms with E-state index in [1.807, 2.05) is 0 Å². The third-order valence-electron chi connectivity index (χ3n) is 0.249. The van der Waals surface area contributed by atoms with Crippen molar-refractivity contribution >= 4 is 5.97 Å². The quantitative estimate of drug-likeness (QED) is 0.474. The molecular weight excluding hydrogens is 153 g/mol. The summed E-state index contributed by atoms with van der Waals surface area (Å²) in [5.74, 6) is -0.329. The molecule has 0 unspecified atom stereocenters. The highest BCUT2D eigenvalue weighted by molar-refractivity contribution is 5.66. The molecule has 0 aromatic heterocycles. The maximum Gasteiger partial charge on any atom is 0.307 e. The Balaban J connectivity index is -0.0000000437. The van der Waals surface area contributed by atoms with E-state index in [1.54, 1.807) is 14.2 Å². The highest BCUT2D eigenvalue weighted by Crippen LogP contribution is 1.70. The predicted octanol–water partition coefficient (Wildman–Crippen LogP) is 1.27. The molecule has 0 rings (SSSR count). The van der Waals surface area contributed by atoms with Crippen LogP contribution in [-0.4, -0.2) is 20.2 Å². The monoisotopic (exact) mass is 169 g/mol. The molecule has 0 amide bonds. The number of esters is 1. The molecule has 5 heteroatoms. The van der Waals surface area contributed by atoms with Gasteiger partial charge in [-0.3, -0.25) is 9.50 Å². The van der Waals surface area contributed by atoms with E-state index in [0.29, 0.717) is 0 Å². The average Bonchev–Trinajstić information content (AvgIpc) is 1.67. The van der Waals surface area contributed by atoms with Crippen LogP contribution in [0, 0.1) is 0 Å². The van der Waals surface area contributed by atoms with Gasteiger partial charge in [0.2, 0.25) is 0 Å². The third kappa shape index (κ3) is 106. The van der Waals surface area contributed by atoms with Crippen molar-refractivity contribution < 1.29 is 19.0 Å². The Kier molecular flexibility index (Phi) is 47.0. The van der Waals surface area contributed by atoms with Gasteiger partial charge in [-0.15, -0.1) is 0 Å². The van der Waals surface area contributed by atoms with Crippen LogP contribution in [0.5, 0.6) is 0 Å². The molecule has 0 aliphatic heterocycles. The van der Waals surface area contributed by atoms with Gasteiger partial charge in [0.05, 0.1) is 6.26 Å². The summed E-state index contributed by atoms with van der Waals surface area (Å²) in [6.07, 6.45) is 1.10. The Bertz CT molecular complexity index is 87.9. The van der Waals surface area contributed by atoms with Gasteiger partial charge in [-0.2, -0.15) is 0 Å². The zero-order valence-electron chi connectivity index (χ0n) is 7.12. The first-order chi connectivity index (χ1) is 4.18. The van der Waals surface area contributed by atoms with Gasteiger partial charge in [0.1, 0.15) is 0 Å². The second kappa shape index (κ2) is 23.0. The summed E-state index contributed by atoms with van der Waals surface area (Å²) in [5, 5.41) is 0. The van der Waals surface area contributed by atoms with Gasteiger partial charge < -0.3 is 15.6 Å². The highest BCUT2D eigenvalue weighted by atomic mass is 19.0. The van der Waals surface area contributed by atoms with Crippen molar-refractivity contribution in [2.24, 2.45) is 0 Å². The number of carbonyl (C=O) groups excluding carboxylic acids is 1. The second-order valence-corrected chi connectivity index (χ2v) is 1.18. The molecule has 0 aromatic carbocycles. The number of hydrogen-bond donors (Lipinski definition) is 1. The molecule has 3 N–H and O–H groups in total. The molecule has 0 radical (unpaired) electrons. The van der Waals surface area contributed by atoms with Crippen molar-refractivity contribution in [3.63, 3.8) is 0 Å². The number of ether oxygens (including phenoxy) is 2. The smallest absolute Gasteiger partial charge is 0.307 e. The zero-order chi connectivity index (χ0) is 7.70. The van der Waals surface area contributed by atoms with E-state index in [1.165, 1.54) is 6.92 Å². The molecule has 0 aromatic rings. The van der Waals surface area contributed by atoms with Gasteiger partial charge in [-0.1, -0.05) is 6.58 Å². The van der Waals surface area contributed by atoms with Gasteiger partial charge in [-0.05, 0) is 0 Å². The summed E-state index contributed by atoms with van der Waals surface area (Å²) < 4.78 is 8.42. The lowest BCUT2D eigenvalue weighted by Gasteiger charge is -1.83. The molecule has 4 nitrogen and oxygen atoms in total. The Morgan fingerprint density at radius 2 is 1.73 bits per heavy atom. The lowest BCUT2D eigenvalue weighted by Crippen LogP contribution is -1.87. The first-order valence-corrected chi connectivity index (χ1v) is 2.37. The third-order valence-corrected chi connectivity index (χ3v) is 0.249. The highest BCUT2D eigenvalue weighted by Gasteiger charge is 1.79. The number of methoxy groups -OCH3 is 1. The minimum Gasteiger partial charge on any atom is -0.435 e.